The van der Waals surface area contributed by atoms with Gasteiger partial charge in [0, 0.05) is 22.1 Å². The Kier molecular flexibility index (Phi) is 5.09. The summed E-state index contributed by atoms with van der Waals surface area (Å²) < 4.78 is 1.38. The summed E-state index contributed by atoms with van der Waals surface area (Å²) in [5, 5.41) is 4.26. The van der Waals surface area contributed by atoms with Crippen LogP contribution < -0.4 is 10.2 Å². The number of amides is 2. The number of aromatic nitrogens is 1. The fourth-order valence-electron chi connectivity index (χ4n) is 5.19. The van der Waals surface area contributed by atoms with Crippen LogP contribution in [0.4, 0.5) is 5.69 Å². The maximum absolute atomic E-state index is 14.1. The van der Waals surface area contributed by atoms with Crippen LogP contribution in [-0.2, 0) is 4.79 Å². The van der Waals surface area contributed by atoms with Crippen LogP contribution in [0, 0.1) is 13.8 Å². The Balaban J connectivity index is 1.73. The first-order chi connectivity index (χ1) is 15.7. The van der Waals surface area contributed by atoms with Crippen molar-refractivity contribution >= 4 is 45.9 Å². The zero-order chi connectivity index (χ0) is 23.5. The second-order valence-electron chi connectivity index (χ2n) is 9.33. The number of hydrogen-bond donors (Lipinski definition) is 1. The predicted octanol–water partition coefficient (Wildman–Crippen LogP) is 5.03. The first-order valence-corrected chi connectivity index (χ1v) is 11.7. The van der Waals surface area contributed by atoms with Gasteiger partial charge in [-0.25, -0.2) is 0 Å². The van der Waals surface area contributed by atoms with Crippen LogP contribution in [0.3, 0.4) is 0 Å². The zero-order valence-corrected chi connectivity index (χ0v) is 19.7. The van der Waals surface area contributed by atoms with E-state index in [2.05, 4.69) is 5.32 Å². The second-order valence-corrected chi connectivity index (χ2v) is 9.77. The van der Waals surface area contributed by atoms with Crippen molar-refractivity contribution in [2.24, 2.45) is 0 Å². The van der Waals surface area contributed by atoms with Crippen LogP contribution in [-0.4, -0.2) is 33.9 Å². The summed E-state index contributed by atoms with van der Waals surface area (Å²) in [6.45, 7) is 5.41. The largest absolute Gasteiger partial charge is 0.351 e. The number of anilines is 1. The van der Waals surface area contributed by atoms with Crippen molar-refractivity contribution in [2.75, 3.05) is 4.90 Å². The van der Waals surface area contributed by atoms with Gasteiger partial charge in [-0.1, -0.05) is 42.1 Å². The molecule has 7 heteroatoms. The van der Waals surface area contributed by atoms with Crippen molar-refractivity contribution in [3.63, 3.8) is 0 Å². The summed E-state index contributed by atoms with van der Waals surface area (Å²) in [5.74, 6) is -1.29. The number of nitrogens with one attached hydrogen (secondary N) is 1. The molecule has 1 aliphatic heterocycles. The van der Waals surface area contributed by atoms with Gasteiger partial charge in [0.2, 0.25) is 5.54 Å². The maximum atomic E-state index is 14.1. The fraction of sp³-hybridized carbons (Fsp3) is 0.346. The standard InChI is InChI=1S/C26H26ClN3O3/c1-15-8-10-20(16(2)12-15)30-23(31)22-14-17-13-18(27)9-11-21(17)29(22)25(33)26(30,3)24(32)28-19-6-4-5-7-19/h8-14,19H,4-7H2,1-3H3,(H,28,32). The van der Waals surface area contributed by atoms with E-state index in [-0.39, 0.29) is 11.7 Å². The number of hydrogen-bond acceptors (Lipinski definition) is 3. The molecule has 0 bridgehead atoms. The van der Waals surface area contributed by atoms with Gasteiger partial charge in [-0.15, -0.1) is 0 Å². The first kappa shape index (κ1) is 21.7. The quantitative estimate of drug-likeness (QED) is 0.554. The Morgan fingerprint density at radius 3 is 2.48 bits per heavy atom. The van der Waals surface area contributed by atoms with Crippen molar-refractivity contribution in [3.05, 3.63) is 64.3 Å². The van der Waals surface area contributed by atoms with Gasteiger partial charge in [-0.05, 0) is 69.5 Å². The number of fused-ring (bicyclic) bond motifs is 3. The maximum Gasteiger partial charge on any atom is 0.276 e. The Morgan fingerprint density at radius 2 is 1.79 bits per heavy atom. The van der Waals surface area contributed by atoms with E-state index < -0.39 is 23.3 Å². The van der Waals surface area contributed by atoms with Crippen molar-refractivity contribution in [1.29, 1.82) is 0 Å². The molecule has 3 aromatic rings. The smallest absolute Gasteiger partial charge is 0.276 e. The third-order valence-corrected chi connectivity index (χ3v) is 7.21. The van der Waals surface area contributed by atoms with E-state index in [0.29, 0.717) is 21.6 Å². The predicted molar refractivity (Wildman–Crippen MR) is 129 cm³/mol. The van der Waals surface area contributed by atoms with Gasteiger partial charge in [-0.3, -0.25) is 23.9 Å². The molecule has 1 saturated carbocycles. The van der Waals surface area contributed by atoms with Gasteiger partial charge in [-0.2, -0.15) is 0 Å². The minimum Gasteiger partial charge on any atom is -0.351 e. The monoisotopic (exact) mass is 463 g/mol. The third-order valence-electron chi connectivity index (χ3n) is 6.98. The molecule has 1 aliphatic carbocycles. The van der Waals surface area contributed by atoms with Crippen LogP contribution in [0.2, 0.25) is 5.02 Å². The molecular formula is C26H26ClN3O3. The van der Waals surface area contributed by atoms with Crippen LogP contribution in [0.25, 0.3) is 10.9 Å². The lowest BCUT2D eigenvalue weighted by molar-refractivity contribution is -0.125. The Hall–Kier alpha value is -3.12. The normalized spacial score (nSPS) is 21.0. The summed E-state index contributed by atoms with van der Waals surface area (Å²) in [5.41, 5.74) is 1.46. The van der Waals surface area contributed by atoms with Crippen LogP contribution in [0.15, 0.2) is 42.5 Å². The van der Waals surface area contributed by atoms with Gasteiger partial charge in [0.05, 0.1) is 5.52 Å². The molecule has 1 aromatic heterocycles. The first-order valence-electron chi connectivity index (χ1n) is 11.3. The summed E-state index contributed by atoms with van der Waals surface area (Å²) >= 11 is 6.16. The topological polar surface area (TPSA) is 71.4 Å². The number of nitrogens with zero attached hydrogens (tertiary/aromatic N) is 2. The molecule has 0 radical (unpaired) electrons. The molecule has 170 valence electrons. The molecular weight excluding hydrogens is 438 g/mol. The lowest BCUT2D eigenvalue weighted by atomic mass is 9.91. The van der Waals surface area contributed by atoms with E-state index in [1.54, 1.807) is 31.2 Å². The molecule has 2 aliphatic rings. The van der Waals surface area contributed by atoms with E-state index >= 15 is 0 Å². The minimum atomic E-state index is -1.74. The molecule has 2 amide bonds. The van der Waals surface area contributed by atoms with Gasteiger partial charge in [0.25, 0.3) is 17.7 Å². The van der Waals surface area contributed by atoms with Gasteiger partial charge < -0.3 is 5.32 Å². The summed E-state index contributed by atoms with van der Waals surface area (Å²) in [7, 11) is 0. The van der Waals surface area contributed by atoms with E-state index in [0.717, 1.165) is 36.8 Å². The molecule has 1 atom stereocenters. The molecule has 0 spiro atoms. The molecule has 2 heterocycles. The van der Waals surface area contributed by atoms with Crippen molar-refractivity contribution in [3.8, 4) is 0 Å². The number of benzene rings is 2. The molecule has 2 aromatic carbocycles. The third kappa shape index (κ3) is 3.27. The molecule has 1 unspecified atom stereocenters. The highest BCUT2D eigenvalue weighted by molar-refractivity contribution is 6.32. The van der Waals surface area contributed by atoms with Gasteiger partial charge in [0.15, 0.2) is 0 Å². The minimum absolute atomic E-state index is 0.0137. The van der Waals surface area contributed by atoms with Crippen LogP contribution in [0.5, 0.6) is 0 Å². The number of aryl methyl sites for hydroxylation is 2. The van der Waals surface area contributed by atoms with Crippen molar-refractivity contribution < 1.29 is 14.4 Å². The Labute approximate surface area is 197 Å². The van der Waals surface area contributed by atoms with Gasteiger partial charge >= 0.3 is 0 Å². The molecule has 33 heavy (non-hydrogen) atoms. The number of rotatable bonds is 3. The van der Waals surface area contributed by atoms with E-state index in [9.17, 15) is 14.4 Å². The molecule has 5 rings (SSSR count). The average Bonchev–Trinajstić information content (AvgIpc) is 3.41. The van der Waals surface area contributed by atoms with E-state index in [1.807, 2.05) is 32.0 Å². The number of halogens is 1. The van der Waals surface area contributed by atoms with Crippen LogP contribution >= 0.6 is 11.6 Å². The summed E-state index contributed by atoms with van der Waals surface area (Å²) in [6, 6.07) is 12.5. The highest BCUT2D eigenvalue weighted by Crippen LogP contribution is 2.38. The van der Waals surface area contributed by atoms with Gasteiger partial charge in [0.1, 0.15) is 5.69 Å². The highest BCUT2D eigenvalue weighted by Gasteiger charge is 2.55. The lowest BCUT2D eigenvalue weighted by Gasteiger charge is -2.43. The van der Waals surface area contributed by atoms with Crippen molar-refractivity contribution in [2.45, 2.75) is 58.0 Å². The molecule has 1 fully saturated rings. The molecule has 0 saturated heterocycles. The SMILES string of the molecule is Cc1ccc(N2C(=O)c3cc4cc(Cl)ccc4n3C(=O)C2(C)C(=O)NC2CCCC2)c(C)c1. The van der Waals surface area contributed by atoms with E-state index in [4.69, 9.17) is 11.6 Å². The summed E-state index contributed by atoms with van der Waals surface area (Å²) in [6.07, 6.45) is 3.85. The summed E-state index contributed by atoms with van der Waals surface area (Å²) in [4.78, 5) is 43.2. The number of carbonyl (C=O) groups excluding carboxylic acids is 3. The Morgan fingerprint density at radius 1 is 1.06 bits per heavy atom. The Bertz CT molecular complexity index is 1320. The molecule has 1 N–H and O–H groups in total. The highest BCUT2D eigenvalue weighted by atomic mass is 35.5. The zero-order valence-electron chi connectivity index (χ0n) is 18.9. The average molecular weight is 464 g/mol. The van der Waals surface area contributed by atoms with Crippen LogP contribution in [0.1, 0.15) is 59.0 Å². The van der Waals surface area contributed by atoms with Crippen molar-refractivity contribution in [1.82, 2.24) is 9.88 Å². The molecule has 6 nitrogen and oxygen atoms in total. The lowest BCUT2D eigenvalue weighted by Crippen LogP contribution is -2.69. The second kappa shape index (κ2) is 7.73. The number of carbonyl (C=O) groups is 3. The van der Waals surface area contributed by atoms with E-state index in [1.165, 1.54) is 9.47 Å². The fourth-order valence-corrected chi connectivity index (χ4v) is 5.38.